The highest BCUT2D eigenvalue weighted by Crippen LogP contribution is 2.49. The van der Waals surface area contributed by atoms with Gasteiger partial charge in [-0.2, -0.15) is 13.2 Å². The smallest absolute Gasteiger partial charge is 0.428 e. The van der Waals surface area contributed by atoms with Crippen LogP contribution < -0.4 is 10.8 Å². The van der Waals surface area contributed by atoms with Gasteiger partial charge in [-0.25, -0.2) is 4.79 Å². The van der Waals surface area contributed by atoms with Crippen molar-refractivity contribution in [1.29, 1.82) is 0 Å². The van der Waals surface area contributed by atoms with E-state index in [9.17, 15) is 18.0 Å². The highest BCUT2D eigenvalue weighted by Gasteiger charge is 2.59. The molecule has 184 valence electrons. The number of carbonyl (C=O) groups excluding carboxylic acids is 1. The fraction of sp³-hybridized carbons (Fsp3) is 0.318. The van der Waals surface area contributed by atoms with Crippen molar-refractivity contribution in [2.75, 3.05) is 0 Å². The first-order chi connectivity index (χ1) is 15.6. The Morgan fingerprint density at radius 1 is 1.15 bits per heavy atom. The molecule has 5 nitrogen and oxygen atoms in total. The fourth-order valence-electron chi connectivity index (χ4n) is 3.11. The molecule has 2 N–H and O–H groups in total. The first kappa shape index (κ1) is 26.9. The minimum Gasteiger partial charge on any atom is -0.444 e. The van der Waals surface area contributed by atoms with Gasteiger partial charge in [0.2, 0.25) is 5.60 Å². The molecule has 1 amide bonds. The van der Waals surface area contributed by atoms with Crippen LogP contribution in [-0.4, -0.2) is 17.9 Å². The van der Waals surface area contributed by atoms with Crippen LogP contribution in [0.2, 0.25) is 15.1 Å². The number of hydrogen-bond acceptors (Lipinski definition) is 4. The Morgan fingerprint density at radius 3 is 2.32 bits per heavy atom. The quantitative estimate of drug-likeness (QED) is 0.351. The number of benzene rings is 2. The van der Waals surface area contributed by atoms with E-state index in [1.54, 1.807) is 39.0 Å². The highest BCUT2D eigenvalue weighted by molar-refractivity contribution is 9.10. The molecule has 0 spiro atoms. The zero-order valence-electron chi connectivity index (χ0n) is 18.0. The van der Waals surface area contributed by atoms with Gasteiger partial charge in [-0.15, -0.1) is 0 Å². The van der Waals surface area contributed by atoms with Crippen molar-refractivity contribution < 1.29 is 27.5 Å². The largest absolute Gasteiger partial charge is 0.444 e. The van der Waals surface area contributed by atoms with E-state index in [1.807, 2.05) is 0 Å². The van der Waals surface area contributed by atoms with E-state index in [0.29, 0.717) is 15.6 Å². The van der Waals surface area contributed by atoms with E-state index in [2.05, 4.69) is 26.7 Å². The predicted octanol–water partition coefficient (Wildman–Crippen LogP) is 7.77. The molecule has 0 saturated carbocycles. The molecule has 1 aliphatic heterocycles. The van der Waals surface area contributed by atoms with Gasteiger partial charge < -0.3 is 10.1 Å². The Labute approximate surface area is 217 Å². The van der Waals surface area contributed by atoms with Crippen LogP contribution in [0.3, 0.4) is 0 Å². The van der Waals surface area contributed by atoms with Gasteiger partial charge in [0.15, 0.2) is 0 Å². The van der Waals surface area contributed by atoms with Gasteiger partial charge in [-0.3, -0.25) is 10.3 Å². The van der Waals surface area contributed by atoms with E-state index in [4.69, 9.17) is 44.4 Å². The molecular formula is C22H19BrCl3F3N2O3. The molecular weight excluding hydrogens is 584 g/mol. The molecule has 1 heterocycles. The van der Waals surface area contributed by atoms with Gasteiger partial charge >= 0.3 is 12.3 Å². The number of alkyl carbamates (subject to hydrolysis) is 1. The molecule has 34 heavy (non-hydrogen) atoms. The van der Waals surface area contributed by atoms with Gasteiger partial charge in [-0.1, -0.05) is 56.8 Å². The molecule has 1 atom stereocenters. The molecule has 0 fully saturated rings. The standard InChI is InChI=1S/C22H19BrCl3F3N2O3/c1-20(2,3)33-19(32)30-10-12-6-11(4-5-14(12)23)17-9-21(34-31-17,22(27,28)29)13-7-15(24)18(26)16(25)8-13/h4-9,31H,10H2,1-3H3,(H,30,32). The van der Waals surface area contributed by atoms with Crippen molar-refractivity contribution in [2.45, 2.75) is 44.7 Å². The van der Waals surface area contributed by atoms with Crippen molar-refractivity contribution in [3.8, 4) is 0 Å². The summed E-state index contributed by atoms with van der Waals surface area (Å²) < 4.78 is 48.6. The van der Waals surface area contributed by atoms with E-state index >= 15 is 0 Å². The zero-order valence-corrected chi connectivity index (χ0v) is 21.9. The summed E-state index contributed by atoms with van der Waals surface area (Å²) in [6.07, 6.45) is -4.59. The van der Waals surface area contributed by atoms with Crippen molar-refractivity contribution >= 4 is 62.5 Å². The van der Waals surface area contributed by atoms with Crippen LogP contribution in [0.25, 0.3) is 5.70 Å². The molecule has 0 aliphatic carbocycles. The lowest BCUT2D eigenvalue weighted by Gasteiger charge is -2.29. The topological polar surface area (TPSA) is 59.6 Å². The van der Waals surface area contributed by atoms with Gasteiger partial charge in [0.1, 0.15) is 5.60 Å². The molecule has 1 aliphatic rings. The number of nitrogens with one attached hydrogen (secondary N) is 2. The van der Waals surface area contributed by atoms with Gasteiger partial charge in [0.25, 0.3) is 0 Å². The SMILES string of the molecule is CC(C)(C)OC(=O)NCc1cc(C2=CC(c3cc(Cl)c(Cl)c(Cl)c3)(C(F)(F)F)ON2)ccc1Br. The summed E-state index contributed by atoms with van der Waals surface area (Å²) >= 11 is 21.2. The molecule has 0 saturated heterocycles. The number of alkyl halides is 3. The van der Waals surface area contributed by atoms with Crippen molar-refractivity contribution in [3.05, 3.63) is 72.6 Å². The molecule has 2 aromatic carbocycles. The minimum atomic E-state index is -4.86. The normalized spacial score (nSPS) is 18.4. The summed E-state index contributed by atoms with van der Waals surface area (Å²) in [5, 5.41) is 2.27. The van der Waals surface area contributed by atoms with Crippen LogP contribution in [0.5, 0.6) is 0 Å². The summed E-state index contributed by atoms with van der Waals surface area (Å²) in [7, 11) is 0. The summed E-state index contributed by atoms with van der Waals surface area (Å²) in [5.74, 6) is 0. The third-order valence-electron chi connectivity index (χ3n) is 4.68. The number of carbonyl (C=O) groups is 1. The molecule has 0 aromatic heterocycles. The molecule has 3 rings (SSSR count). The summed E-state index contributed by atoms with van der Waals surface area (Å²) in [4.78, 5) is 17.1. The first-order valence-corrected chi connectivity index (χ1v) is 11.7. The molecule has 0 radical (unpaired) electrons. The van der Waals surface area contributed by atoms with Gasteiger partial charge in [-0.05, 0) is 56.7 Å². The van der Waals surface area contributed by atoms with Crippen LogP contribution >= 0.6 is 50.7 Å². The van der Waals surface area contributed by atoms with Crippen LogP contribution in [0.15, 0.2) is 40.9 Å². The summed E-state index contributed by atoms with van der Waals surface area (Å²) in [6.45, 7) is 5.27. The lowest BCUT2D eigenvalue weighted by Crippen LogP contribution is -2.42. The van der Waals surface area contributed by atoms with E-state index < -0.39 is 23.5 Å². The van der Waals surface area contributed by atoms with E-state index in [-0.39, 0.29) is 32.9 Å². The Bertz CT molecular complexity index is 1130. The number of ether oxygens (including phenoxy) is 1. The van der Waals surface area contributed by atoms with E-state index in [1.165, 1.54) is 0 Å². The zero-order chi connectivity index (χ0) is 25.5. The Balaban J connectivity index is 1.95. The average Bonchev–Trinajstić information content (AvgIpc) is 3.16. The average molecular weight is 603 g/mol. The second-order valence-electron chi connectivity index (χ2n) is 8.41. The fourth-order valence-corrected chi connectivity index (χ4v) is 4.10. The maximum absolute atomic E-state index is 14.2. The number of rotatable bonds is 4. The number of halogens is 7. The molecule has 0 bridgehead atoms. The minimum absolute atomic E-state index is 0.0606. The van der Waals surface area contributed by atoms with Gasteiger partial charge in [0.05, 0.1) is 20.8 Å². The lowest BCUT2D eigenvalue weighted by molar-refractivity contribution is -0.269. The number of hydrogen-bond donors (Lipinski definition) is 2. The maximum Gasteiger partial charge on any atom is 0.428 e. The van der Waals surface area contributed by atoms with Crippen LogP contribution in [0.4, 0.5) is 18.0 Å². The first-order valence-electron chi connectivity index (χ1n) is 9.77. The van der Waals surface area contributed by atoms with Crippen molar-refractivity contribution in [3.63, 3.8) is 0 Å². The third kappa shape index (κ3) is 5.76. The monoisotopic (exact) mass is 600 g/mol. The van der Waals surface area contributed by atoms with Crippen LogP contribution in [-0.2, 0) is 21.7 Å². The van der Waals surface area contributed by atoms with Crippen molar-refractivity contribution in [1.82, 2.24) is 10.8 Å². The Morgan fingerprint density at radius 2 is 1.76 bits per heavy atom. The molecule has 2 aromatic rings. The van der Waals surface area contributed by atoms with Crippen molar-refractivity contribution in [2.24, 2.45) is 0 Å². The maximum atomic E-state index is 14.2. The predicted molar refractivity (Wildman–Crippen MR) is 129 cm³/mol. The summed E-state index contributed by atoms with van der Waals surface area (Å²) in [6, 6.07) is 6.97. The second kappa shape index (κ2) is 9.78. The number of hydroxylamine groups is 1. The van der Waals surface area contributed by atoms with Crippen LogP contribution in [0, 0.1) is 0 Å². The molecule has 12 heteroatoms. The number of amides is 1. The van der Waals surface area contributed by atoms with Crippen LogP contribution in [0.1, 0.15) is 37.5 Å². The third-order valence-corrected chi connectivity index (χ3v) is 6.65. The molecule has 1 unspecified atom stereocenters. The highest BCUT2D eigenvalue weighted by atomic mass is 79.9. The lowest BCUT2D eigenvalue weighted by atomic mass is 9.91. The van der Waals surface area contributed by atoms with Gasteiger partial charge in [0, 0.05) is 22.1 Å². The summed E-state index contributed by atoms with van der Waals surface area (Å²) in [5.41, 5.74) is -0.459. The second-order valence-corrected chi connectivity index (χ2v) is 10.5. The Hall–Kier alpha value is -1.65. The van der Waals surface area contributed by atoms with E-state index in [0.717, 1.165) is 18.2 Å². The Kier molecular flexibility index (Phi) is 7.75.